The molecule has 0 unspecified atom stereocenters. The Morgan fingerprint density at radius 1 is 1.15 bits per heavy atom. The number of aromatic nitrogens is 3. The molecule has 2 heterocycles. The molecule has 1 N–H and O–H groups in total. The van der Waals surface area contributed by atoms with E-state index in [1.54, 1.807) is 11.3 Å². The van der Waals surface area contributed by atoms with Crippen molar-refractivity contribution in [3.8, 4) is 21.8 Å². The summed E-state index contributed by atoms with van der Waals surface area (Å²) in [6, 6.07) is 10.8. The number of hydrogen-bond donors (Lipinski definition) is 1. The lowest BCUT2D eigenvalue weighted by Gasteiger charge is -2.13. The number of likely N-dealkylation sites (N-methyl/N-ethyl adjacent to an activating group) is 1. The topological polar surface area (TPSA) is 50.7 Å². The summed E-state index contributed by atoms with van der Waals surface area (Å²) in [6.07, 6.45) is 2.17. The van der Waals surface area contributed by atoms with Gasteiger partial charge < -0.3 is 5.32 Å². The largest absolute Gasteiger partial charge is 0.313 e. The second-order valence-corrected chi connectivity index (χ2v) is 7.77. The maximum Gasteiger partial charge on any atom is 0.149 e. The van der Waals surface area contributed by atoms with E-state index in [4.69, 9.17) is 4.98 Å². The van der Waals surface area contributed by atoms with Crippen molar-refractivity contribution in [2.45, 2.75) is 34.6 Å². The molecule has 2 aromatic heterocycles. The number of nitrogens with one attached hydrogen (secondary N) is 1. The van der Waals surface area contributed by atoms with Gasteiger partial charge in [0.15, 0.2) is 0 Å². The van der Waals surface area contributed by atoms with Crippen molar-refractivity contribution in [1.29, 1.82) is 0 Å². The average molecular weight is 379 g/mol. The molecular weight excluding hydrogens is 352 g/mol. The molecule has 0 amide bonds. The van der Waals surface area contributed by atoms with Crippen molar-refractivity contribution >= 4 is 16.9 Å². The molecule has 140 valence electrons. The first kappa shape index (κ1) is 19.4. The molecule has 0 bridgehead atoms. The Bertz CT molecular complexity index is 972. The van der Waals surface area contributed by atoms with Gasteiger partial charge in [0.05, 0.1) is 5.69 Å². The molecule has 0 aliphatic heterocycles. The van der Waals surface area contributed by atoms with Gasteiger partial charge >= 0.3 is 0 Å². The first-order chi connectivity index (χ1) is 13.0. The Morgan fingerprint density at radius 3 is 2.63 bits per heavy atom. The summed E-state index contributed by atoms with van der Waals surface area (Å²) in [7, 11) is 0. The van der Waals surface area contributed by atoms with Gasteiger partial charge in [0.25, 0.3) is 0 Å². The number of hydrogen-bond acceptors (Lipinski definition) is 5. The van der Waals surface area contributed by atoms with Crippen LogP contribution >= 0.6 is 11.3 Å². The summed E-state index contributed by atoms with van der Waals surface area (Å²) in [5, 5.41) is 13.7. The molecule has 1 aromatic carbocycles. The maximum atomic E-state index is 4.92. The Morgan fingerprint density at radius 2 is 1.96 bits per heavy atom. The van der Waals surface area contributed by atoms with Gasteiger partial charge in [-0.3, -0.25) is 4.98 Å². The SMILES string of the molecule is C/C=C(\CNCC)c1cccc(-c2nc(C)c(-c3nnc(C)s3)cc2C)c1. The standard InChI is InChI=1S/C22H26N4S/c1-6-17(13-23-7-2)18-9-8-10-19(12-18)21-14(3)11-20(15(4)24-21)22-26-25-16(5)27-22/h6,8-12,23H,7,13H2,1-5H3/b17-6+. The molecule has 4 nitrogen and oxygen atoms in total. The second kappa shape index (κ2) is 8.55. The Kier molecular flexibility index (Phi) is 6.14. The van der Waals surface area contributed by atoms with E-state index in [9.17, 15) is 0 Å². The van der Waals surface area contributed by atoms with Gasteiger partial charge in [-0.15, -0.1) is 10.2 Å². The van der Waals surface area contributed by atoms with Crippen LogP contribution in [0.5, 0.6) is 0 Å². The van der Waals surface area contributed by atoms with Gasteiger partial charge in [-0.2, -0.15) is 0 Å². The Hall–Kier alpha value is -2.37. The molecular formula is C22H26N4S. The zero-order valence-electron chi connectivity index (χ0n) is 16.6. The van der Waals surface area contributed by atoms with Crippen LogP contribution in [0, 0.1) is 20.8 Å². The minimum absolute atomic E-state index is 0.872. The molecule has 0 saturated carbocycles. The molecule has 0 fully saturated rings. The third kappa shape index (κ3) is 4.31. The van der Waals surface area contributed by atoms with Crippen molar-refractivity contribution in [3.05, 3.63) is 58.2 Å². The van der Waals surface area contributed by atoms with Crippen LogP contribution in [0.25, 0.3) is 27.4 Å². The molecule has 0 saturated heterocycles. The van der Waals surface area contributed by atoms with E-state index in [-0.39, 0.29) is 0 Å². The van der Waals surface area contributed by atoms with Crippen LogP contribution in [0.3, 0.4) is 0 Å². The number of allylic oxidation sites excluding steroid dienone is 1. The predicted molar refractivity (Wildman–Crippen MR) is 115 cm³/mol. The highest BCUT2D eigenvalue weighted by atomic mass is 32.1. The predicted octanol–water partition coefficient (Wildman–Crippen LogP) is 5.21. The smallest absolute Gasteiger partial charge is 0.149 e. The highest BCUT2D eigenvalue weighted by Crippen LogP contribution is 2.31. The van der Waals surface area contributed by atoms with Gasteiger partial charge in [0.2, 0.25) is 0 Å². The van der Waals surface area contributed by atoms with E-state index in [1.807, 2.05) is 13.8 Å². The molecule has 27 heavy (non-hydrogen) atoms. The molecule has 0 atom stereocenters. The molecule has 0 aliphatic rings. The van der Waals surface area contributed by atoms with Crippen LogP contribution < -0.4 is 5.32 Å². The summed E-state index contributed by atoms with van der Waals surface area (Å²) >= 11 is 1.61. The molecule has 0 spiro atoms. The average Bonchev–Trinajstić information content (AvgIpc) is 3.10. The van der Waals surface area contributed by atoms with Crippen molar-refractivity contribution in [3.63, 3.8) is 0 Å². The van der Waals surface area contributed by atoms with Crippen molar-refractivity contribution in [2.75, 3.05) is 13.1 Å². The van der Waals surface area contributed by atoms with Crippen LogP contribution in [-0.2, 0) is 0 Å². The first-order valence-electron chi connectivity index (χ1n) is 9.29. The zero-order valence-corrected chi connectivity index (χ0v) is 17.4. The first-order valence-corrected chi connectivity index (χ1v) is 10.1. The third-order valence-electron chi connectivity index (χ3n) is 4.58. The lowest BCUT2D eigenvalue weighted by Crippen LogP contribution is -2.15. The van der Waals surface area contributed by atoms with Crippen LogP contribution in [0.1, 0.15) is 35.7 Å². The number of pyridine rings is 1. The fourth-order valence-corrected chi connectivity index (χ4v) is 3.88. The van der Waals surface area contributed by atoms with Gasteiger partial charge in [-0.05, 0) is 63.1 Å². The summed E-state index contributed by atoms with van der Waals surface area (Å²) in [5.74, 6) is 0. The minimum Gasteiger partial charge on any atom is -0.313 e. The van der Waals surface area contributed by atoms with E-state index in [0.717, 1.165) is 51.2 Å². The number of aryl methyl sites for hydroxylation is 3. The van der Waals surface area contributed by atoms with Gasteiger partial charge in [0.1, 0.15) is 10.0 Å². The number of nitrogens with zero attached hydrogens (tertiary/aromatic N) is 3. The molecule has 5 heteroatoms. The van der Waals surface area contributed by atoms with Crippen LogP contribution in [-0.4, -0.2) is 28.3 Å². The highest BCUT2D eigenvalue weighted by molar-refractivity contribution is 7.14. The van der Waals surface area contributed by atoms with E-state index >= 15 is 0 Å². The summed E-state index contributed by atoms with van der Waals surface area (Å²) in [6.45, 7) is 12.2. The van der Waals surface area contributed by atoms with E-state index in [1.165, 1.54) is 11.1 Å². The molecule has 3 rings (SSSR count). The van der Waals surface area contributed by atoms with E-state index in [2.05, 4.69) is 72.7 Å². The maximum absolute atomic E-state index is 4.92. The summed E-state index contributed by atoms with van der Waals surface area (Å²) < 4.78 is 0. The van der Waals surface area contributed by atoms with E-state index < -0.39 is 0 Å². The third-order valence-corrected chi connectivity index (χ3v) is 5.45. The van der Waals surface area contributed by atoms with Gasteiger partial charge in [0, 0.05) is 23.4 Å². The Balaban J connectivity index is 1.99. The van der Waals surface area contributed by atoms with Gasteiger partial charge in [-0.25, -0.2) is 0 Å². The minimum atomic E-state index is 0.872. The summed E-state index contributed by atoms with van der Waals surface area (Å²) in [5.41, 5.74) is 7.90. The number of benzene rings is 1. The fraction of sp³-hybridized carbons (Fsp3) is 0.318. The van der Waals surface area contributed by atoms with E-state index in [0.29, 0.717) is 0 Å². The van der Waals surface area contributed by atoms with Crippen molar-refractivity contribution in [1.82, 2.24) is 20.5 Å². The van der Waals surface area contributed by atoms with Crippen molar-refractivity contribution < 1.29 is 0 Å². The second-order valence-electron chi connectivity index (χ2n) is 6.59. The van der Waals surface area contributed by atoms with Crippen molar-refractivity contribution in [2.24, 2.45) is 0 Å². The molecule has 0 aliphatic carbocycles. The Labute approximate surface area is 165 Å². The lowest BCUT2D eigenvalue weighted by atomic mass is 9.98. The highest BCUT2D eigenvalue weighted by Gasteiger charge is 2.13. The summed E-state index contributed by atoms with van der Waals surface area (Å²) in [4.78, 5) is 4.92. The molecule has 3 aromatic rings. The van der Waals surface area contributed by atoms with Gasteiger partial charge in [-0.1, -0.05) is 42.5 Å². The molecule has 0 radical (unpaired) electrons. The lowest BCUT2D eigenvalue weighted by molar-refractivity contribution is 0.807. The monoisotopic (exact) mass is 378 g/mol. The normalized spacial score (nSPS) is 11.8. The van der Waals surface area contributed by atoms with Crippen LogP contribution in [0.2, 0.25) is 0 Å². The quantitative estimate of drug-likeness (QED) is 0.640. The number of rotatable bonds is 6. The van der Waals surface area contributed by atoms with Crippen LogP contribution in [0.15, 0.2) is 36.4 Å². The fourth-order valence-electron chi connectivity index (χ4n) is 3.12. The van der Waals surface area contributed by atoms with Crippen LogP contribution in [0.4, 0.5) is 0 Å². The zero-order chi connectivity index (χ0) is 19.4.